The average Bonchev–Trinajstić information content (AvgIpc) is 2.39. The van der Waals surface area contributed by atoms with E-state index >= 15 is 0 Å². The van der Waals surface area contributed by atoms with Crippen LogP contribution in [0.5, 0.6) is 0 Å². The first-order valence-corrected chi connectivity index (χ1v) is 5.92. The maximum absolute atomic E-state index is 10.8. The van der Waals surface area contributed by atoms with Crippen molar-refractivity contribution in [3.05, 3.63) is 29.6 Å². The zero-order chi connectivity index (χ0) is 11.4. The Morgan fingerprint density at radius 2 is 2.12 bits per heavy atom. The van der Waals surface area contributed by atoms with Crippen LogP contribution >= 0.6 is 0 Å². The minimum Gasteiger partial charge on any atom is -0.330 e. The molecule has 0 atom stereocenters. The van der Waals surface area contributed by atoms with Crippen molar-refractivity contribution in [2.45, 2.75) is 37.5 Å². The van der Waals surface area contributed by atoms with E-state index < -0.39 is 0 Å². The Morgan fingerprint density at radius 1 is 1.38 bits per heavy atom. The number of carbonyl (C=O) groups is 1. The smallest absolute Gasteiger partial charge is 0.150 e. The van der Waals surface area contributed by atoms with Gasteiger partial charge < -0.3 is 5.73 Å². The summed E-state index contributed by atoms with van der Waals surface area (Å²) in [7, 11) is 0. The minimum atomic E-state index is 0.0112. The van der Waals surface area contributed by atoms with Gasteiger partial charge in [0.25, 0.3) is 0 Å². The Balaban J connectivity index is 2.34. The molecule has 1 aromatic heterocycles. The normalized spacial score (nSPS) is 19.3. The fourth-order valence-electron chi connectivity index (χ4n) is 2.60. The van der Waals surface area contributed by atoms with Gasteiger partial charge in [0.05, 0.1) is 0 Å². The topological polar surface area (TPSA) is 56.0 Å². The molecule has 0 amide bonds. The molecule has 3 heteroatoms. The summed E-state index contributed by atoms with van der Waals surface area (Å²) in [6.07, 6.45) is 8.49. The molecule has 2 N–H and O–H groups in total. The van der Waals surface area contributed by atoms with Gasteiger partial charge in [0.1, 0.15) is 6.29 Å². The highest BCUT2D eigenvalue weighted by atomic mass is 16.1. The van der Waals surface area contributed by atoms with Crippen molar-refractivity contribution in [3.63, 3.8) is 0 Å². The van der Waals surface area contributed by atoms with Gasteiger partial charge in [-0.2, -0.15) is 0 Å². The summed E-state index contributed by atoms with van der Waals surface area (Å²) in [6.45, 7) is 0.627. The maximum Gasteiger partial charge on any atom is 0.150 e. The van der Waals surface area contributed by atoms with E-state index in [1.807, 2.05) is 6.07 Å². The van der Waals surface area contributed by atoms with Crippen LogP contribution in [0.3, 0.4) is 0 Å². The van der Waals surface area contributed by atoms with Gasteiger partial charge in [-0.15, -0.1) is 0 Å². The fraction of sp³-hybridized carbons (Fsp3) is 0.538. The van der Waals surface area contributed by atoms with E-state index in [1.54, 1.807) is 12.3 Å². The zero-order valence-electron chi connectivity index (χ0n) is 9.48. The average molecular weight is 218 g/mol. The van der Waals surface area contributed by atoms with Gasteiger partial charge in [0, 0.05) is 29.4 Å². The SMILES string of the molecule is NCC1(c2cc(C=O)ccn2)CCCCC1. The lowest BCUT2D eigenvalue weighted by Crippen LogP contribution is -2.38. The number of pyridine rings is 1. The molecule has 1 aliphatic carbocycles. The molecule has 1 aliphatic rings. The van der Waals surface area contributed by atoms with Crippen molar-refractivity contribution in [2.75, 3.05) is 6.54 Å². The Bertz CT molecular complexity index is 370. The van der Waals surface area contributed by atoms with Gasteiger partial charge in [-0.3, -0.25) is 9.78 Å². The molecule has 0 spiro atoms. The minimum absolute atomic E-state index is 0.0112. The molecule has 1 heterocycles. The summed E-state index contributed by atoms with van der Waals surface area (Å²) in [4.78, 5) is 15.2. The molecule has 3 nitrogen and oxygen atoms in total. The second-order valence-corrected chi connectivity index (χ2v) is 4.64. The van der Waals surface area contributed by atoms with Crippen LogP contribution in [-0.4, -0.2) is 17.8 Å². The van der Waals surface area contributed by atoms with Gasteiger partial charge in [-0.05, 0) is 25.0 Å². The largest absolute Gasteiger partial charge is 0.330 e. The molecule has 0 radical (unpaired) electrons. The number of carbonyl (C=O) groups excluding carboxylic acids is 1. The molecule has 1 fully saturated rings. The van der Waals surface area contributed by atoms with Crippen molar-refractivity contribution in [1.29, 1.82) is 0 Å². The molecule has 2 rings (SSSR count). The lowest BCUT2D eigenvalue weighted by atomic mass is 9.71. The van der Waals surface area contributed by atoms with Crippen LogP contribution < -0.4 is 5.73 Å². The number of rotatable bonds is 3. The van der Waals surface area contributed by atoms with E-state index in [4.69, 9.17) is 5.73 Å². The van der Waals surface area contributed by atoms with Crippen LogP contribution in [0.4, 0.5) is 0 Å². The third-order valence-electron chi connectivity index (χ3n) is 3.66. The highest BCUT2D eigenvalue weighted by molar-refractivity contribution is 5.74. The summed E-state index contributed by atoms with van der Waals surface area (Å²) in [5.74, 6) is 0. The second kappa shape index (κ2) is 4.74. The molecule has 0 unspecified atom stereocenters. The molecule has 0 saturated heterocycles. The van der Waals surface area contributed by atoms with E-state index in [1.165, 1.54) is 19.3 Å². The summed E-state index contributed by atoms with van der Waals surface area (Å²) < 4.78 is 0. The van der Waals surface area contributed by atoms with Crippen molar-refractivity contribution in [2.24, 2.45) is 5.73 Å². The summed E-state index contributed by atoms with van der Waals surface area (Å²) in [5, 5.41) is 0. The molecule has 1 saturated carbocycles. The predicted molar refractivity (Wildman–Crippen MR) is 63.4 cm³/mol. The van der Waals surface area contributed by atoms with Gasteiger partial charge in [-0.1, -0.05) is 19.3 Å². The number of nitrogens with two attached hydrogens (primary N) is 1. The van der Waals surface area contributed by atoms with E-state index in [2.05, 4.69) is 4.98 Å². The molecular formula is C13H18N2O. The van der Waals surface area contributed by atoms with Crippen molar-refractivity contribution >= 4 is 6.29 Å². The first-order valence-electron chi connectivity index (χ1n) is 5.92. The number of aromatic nitrogens is 1. The van der Waals surface area contributed by atoms with Crippen molar-refractivity contribution in [3.8, 4) is 0 Å². The summed E-state index contributed by atoms with van der Waals surface area (Å²) in [5.41, 5.74) is 7.64. The highest BCUT2D eigenvalue weighted by Gasteiger charge is 2.33. The lowest BCUT2D eigenvalue weighted by Gasteiger charge is -2.35. The van der Waals surface area contributed by atoms with Crippen LogP contribution in [0.15, 0.2) is 18.3 Å². The zero-order valence-corrected chi connectivity index (χ0v) is 9.48. The molecule has 0 bridgehead atoms. The number of hydrogen-bond acceptors (Lipinski definition) is 3. The third kappa shape index (κ3) is 2.00. The maximum atomic E-state index is 10.8. The molecule has 16 heavy (non-hydrogen) atoms. The molecule has 0 aliphatic heterocycles. The van der Waals surface area contributed by atoms with Crippen LogP contribution in [0, 0.1) is 0 Å². The first kappa shape index (κ1) is 11.3. The van der Waals surface area contributed by atoms with E-state index in [-0.39, 0.29) is 5.41 Å². The fourth-order valence-corrected chi connectivity index (χ4v) is 2.60. The molecule has 0 aromatic carbocycles. The molecular weight excluding hydrogens is 200 g/mol. The standard InChI is InChI=1S/C13H18N2O/c14-10-13(5-2-1-3-6-13)12-8-11(9-16)4-7-15-12/h4,7-9H,1-3,5-6,10,14H2. The molecule has 1 aromatic rings. The Labute approximate surface area is 96.1 Å². The third-order valence-corrected chi connectivity index (χ3v) is 3.66. The number of hydrogen-bond donors (Lipinski definition) is 1. The predicted octanol–water partition coefficient (Wildman–Crippen LogP) is 2.05. The van der Waals surface area contributed by atoms with Gasteiger partial charge in [0.15, 0.2) is 0 Å². The second-order valence-electron chi connectivity index (χ2n) is 4.64. The van der Waals surface area contributed by atoms with Gasteiger partial charge in [-0.25, -0.2) is 0 Å². The monoisotopic (exact) mass is 218 g/mol. The Kier molecular flexibility index (Phi) is 3.34. The first-order chi connectivity index (χ1) is 7.80. The Hall–Kier alpha value is -1.22. The van der Waals surface area contributed by atoms with E-state index in [0.717, 1.165) is 24.8 Å². The van der Waals surface area contributed by atoms with Crippen LogP contribution in [-0.2, 0) is 5.41 Å². The highest BCUT2D eigenvalue weighted by Crippen LogP contribution is 2.37. The van der Waals surface area contributed by atoms with Crippen LogP contribution in [0.25, 0.3) is 0 Å². The molecule has 86 valence electrons. The number of aldehydes is 1. The Morgan fingerprint density at radius 3 is 2.75 bits per heavy atom. The van der Waals surface area contributed by atoms with Crippen molar-refractivity contribution < 1.29 is 4.79 Å². The van der Waals surface area contributed by atoms with Crippen molar-refractivity contribution in [1.82, 2.24) is 4.98 Å². The summed E-state index contributed by atoms with van der Waals surface area (Å²) in [6, 6.07) is 3.63. The summed E-state index contributed by atoms with van der Waals surface area (Å²) >= 11 is 0. The lowest BCUT2D eigenvalue weighted by molar-refractivity contribution is 0.112. The van der Waals surface area contributed by atoms with E-state index in [9.17, 15) is 4.79 Å². The van der Waals surface area contributed by atoms with Gasteiger partial charge >= 0.3 is 0 Å². The van der Waals surface area contributed by atoms with Gasteiger partial charge in [0.2, 0.25) is 0 Å². The number of nitrogens with zero attached hydrogens (tertiary/aromatic N) is 1. The van der Waals surface area contributed by atoms with Crippen LogP contribution in [0.2, 0.25) is 0 Å². The van der Waals surface area contributed by atoms with Crippen LogP contribution in [0.1, 0.15) is 48.2 Å². The quantitative estimate of drug-likeness (QED) is 0.790. The van der Waals surface area contributed by atoms with E-state index in [0.29, 0.717) is 12.1 Å².